The Morgan fingerprint density at radius 1 is 0.833 bits per heavy atom. The maximum Gasteiger partial charge on any atom is 0.328 e. The molecule has 0 fully saturated rings. The number of carboxylic acid groups (broad SMARTS) is 3. The van der Waals surface area contributed by atoms with Crippen molar-refractivity contribution < 1.29 is 29.7 Å². The standard InChI is InChI=1S/C12H14O6/c1-2-12(6-3-9(13)14,7-4-10(15)16)8-5-11(17)18/h3-8H,2H2,1H3,(H,13,14)(H,15,16)(H,17,18). The van der Waals surface area contributed by atoms with Crippen LogP contribution in [0.2, 0.25) is 0 Å². The summed E-state index contributed by atoms with van der Waals surface area (Å²) in [5.41, 5.74) is -1.05. The highest BCUT2D eigenvalue weighted by Crippen LogP contribution is 2.28. The van der Waals surface area contributed by atoms with Crippen LogP contribution in [0.25, 0.3) is 0 Å². The van der Waals surface area contributed by atoms with Gasteiger partial charge in [-0.25, -0.2) is 14.4 Å². The summed E-state index contributed by atoms with van der Waals surface area (Å²) in [5, 5.41) is 25.7. The largest absolute Gasteiger partial charge is 0.478 e. The maximum absolute atomic E-state index is 10.5. The van der Waals surface area contributed by atoms with Crippen molar-refractivity contribution in [2.24, 2.45) is 5.41 Å². The van der Waals surface area contributed by atoms with Crippen molar-refractivity contribution in [3.63, 3.8) is 0 Å². The first-order chi connectivity index (χ1) is 8.31. The molecule has 0 aliphatic rings. The topological polar surface area (TPSA) is 112 Å². The lowest BCUT2D eigenvalue weighted by molar-refractivity contribution is -0.132. The summed E-state index contributed by atoms with van der Waals surface area (Å²) in [6.07, 6.45) is 6.60. The lowest BCUT2D eigenvalue weighted by atomic mass is 9.83. The lowest BCUT2D eigenvalue weighted by Gasteiger charge is -2.20. The van der Waals surface area contributed by atoms with E-state index < -0.39 is 23.3 Å². The highest BCUT2D eigenvalue weighted by Gasteiger charge is 2.19. The van der Waals surface area contributed by atoms with Gasteiger partial charge < -0.3 is 15.3 Å². The van der Waals surface area contributed by atoms with Gasteiger partial charge in [-0.1, -0.05) is 25.2 Å². The molecule has 0 amide bonds. The first-order valence-corrected chi connectivity index (χ1v) is 5.08. The first kappa shape index (κ1) is 15.6. The monoisotopic (exact) mass is 254 g/mol. The van der Waals surface area contributed by atoms with E-state index in [4.69, 9.17) is 15.3 Å². The van der Waals surface area contributed by atoms with Crippen molar-refractivity contribution in [3.05, 3.63) is 36.5 Å². The first-order valence-electron chi connectivity index (χ1n) is 5.08. The second kappa shape index (κ2) is 7.05. The average molecular weight is 254 g/mol. The maximum atomic E-state index is 10.5. The molecule has 3 N–H and O–H groups in total. The van der Waals surface area contributed by atoms with Crippen LogP contribution >= 0.6 is 0 Å². The van der Waals surface area contributed by atoms with E-state index in [0.29, 0.717) is 6.42 Å². The van der Waals surface area contributed by atoms with E-state index in [-0.39, 0.29) is 0 Å². The van der Waals surface area contributed by atoms with Crippen molar-refractivity contribution in [1.29, 1.82) is 0 Å². The molecule has 0 aromatic carbocycles. The molecular weight excluding hydrogens is 240 g/mol. The molecule has 0 bridgehead atoms. The van der Waals surface area contributed by atoms with Crippen LogP contribution in [-0.2, 0) is 14.4 Å². The Balaban J connectivity index is 5.38. The van der Waals surface area contributed by atoms with Gasteiger partial charge >= 0.3 is 17.9 Å². The Morgan fingerprint density at radius 2 is 1.11 bits per heavy atom. The van der Waals surface area contributed by atoms with E-state index in [1.54, 1.807) is 6.92 Å². The quantitative estimate of drug-likeness (QED) is 0.590. The normalized spacial score (nSPS) is 15.2. The number of rotatable bonds is 7. The number of hydrogen-bond donors (Lipinski definition) is 3. The van der Waals surface area contributed by atoms with E-state index in [2.05, 4.69) is 0 Å². The molecule has 0 aliphatic heterocycles. The highest BCUT2D eigenvalue weighted by atomic mass is 16.4. The van der Waals surface area contributed by atoms with Gasteiger partial charge in [-0.15, -0.1) is 0 Å². The van der Waals surface area contributed by atoms with Gasteiger partial charge in [0.25, 0.3) is 0 Å². The number of aliphatic carboxylic acids is 3. The molecule has 6 heteroatoms. The van der Waals surface area contributed by atoms with Gasteiger partial charge in [0, 0.05) is 23.6 Å². The molecule has 0 aromatic rings. The SMILES string of the molecule is CCC(C=CC(=O)O)(C=CC(=O)O)C=CC(=O)O. The summed E-state index contributed by atoms with van der Waals surface area (Å²) in [6, 6.07) is 0. The van der Waals surface area contributed by atoms with Crippen LogP contribution in [-0.4, -0.2) is 33.2 Å². The smallest absolute Gasteiger partial charge is 0.328 e. The van der Waals surface area contributed by atoms with Gasteiger partial charge in [-0.05, 0) is 6.42 Å². The predicted octanol–water partition coefficient (Wildman–Crippen LogP) is 1.31. The van der Waals surface area contributed by atoms with Gasteiger partial charge in [0.15, 0.2) is 0 Å². The summed E-state index contributed by atoms with van der Waals surface area (Å²) in [7, 11) is 0. The van der Waals surface area contributed by atoms with Crippen molar-refractivity contribution >= 4 is 17.9 Å². The van der Waals surface area contributed by atoms with Gasteiger partial charge in [0.2, 0.25) is 0 Å². The van der Waals surface area contributed by atoms with Crippen LogP contribution in [0.5, 0.6) is 0 Å². The lowest BCUT2D eigenvalue weighted by Crippen LogP contribution is -2.12. The molecule has 18 heavy (non-hydrogen) atoms. The Morgan fingerprint density at radius 3 is 1.28 bits per heavy atom. The number of allylic oxidation sites excluding steroid dienone is 3. The fourth-order valence-corrected chi connectivity index (χ4v) is 1.20. The molecule has 0 saturated carbocycles. The van der Waals surface area contributed by atoms with Crippen molar-refractivity contribution in [3.8, 4) is 0 Å². The molecule has 0 atom stereocenters. The Hall–Kier alpha value is -2.37. The van der Waals surface area contributed by atoms with E-state index in [1.807, 2.05) is 0 Å². The summed E-state index contributed by atoms with van der Waals surface area (Å²) >= 11 is 0. The minimum Gasteiger partial charge on any atom is -0.478 e. The van der Waals surface area contributed by atoms with Crippen LogP contribution in [0.4, 0.5) is 0 Å². The zero-order valence-corrected chi connectivity index (χ0v) is 9.74. The summed E-state index contributed by atoms with van der Waals surface area (Å²) < 4.78 is 0. The van der Waals surface area contributed by atoms with E-state index in [0.717, 1.165) is 18.2 Å². The van der Waals surface area contributed by atoms with Crippen LogP contribution in [0.3, 0.4) is 0 Å². The Labute approximate surface area is 104 Å². The minimum absolute atomic E-state index is 0.324. The number of hydrogen-bond acceptors (Lipinski definition) is 3. The second-order valence-electron chi connectivity index (χ2n) is 3.48. The van der Waals surface area contributed by atoms with Gasteiger partial charge in [0.1, 0.15) is 0 Å². The summed E-state index contributed by atoms with van der Waals surface area (Å²) in [6.45, 7) is 1.69. The molecule has 0 spiro atoms. The molecule has 0 aliphatic carbocycles. The van der Waals surface area contributed by atoms with Crippen LogP contribution in [0.1, 0.15) is 13.3 Å². The molecular formula is C12H14O6. The number of carbonyl (C=O) groups is 3. The van der Waals surface area contributed by atoms with Gasteiger partial charge in [-0.2, -0.15) is 0 Å². The van der Waals surface area contributed by atoms with Crippen molar-refractivity contribution in [1.82, 2.24) is 0 Å². The van der Waals surface area contributed by atoms with Crippen LogP contribution in [0.15, 0.2) is 36.5 Å². The van der Waals surface area contributed by atoms with E-state index >= 15 is 0 Å². The molecule has 98 valence electrons. The molecule has 0 radical (unpaired) electrons. The predicted molar refractivity (Wildman–Crippen MR) is 63.1 cm³/mol. The molecule has 0 aromatic heterocycles. The molecule has 0 heterocycles. The van der Waals surface area contributed by atoms with Crippen LogP contribution < -0.4 is 0 Å². The summed E-state index contributed by atoms with van der Waals surface area (Å²) in [5.74, 6) is -3.58. The minimum atomic E-state index is -1.19. The third kappa shape index (κ3) is 6.26. The van der Waals surface area contributed by atoms with Gasteiger partial charge in [0.05, 0.1) is 0 Å². The zero-order valence-electron chi connectivity index (χ0n) is 9.74. The van der Waals surface area contributed by atoms with Crippen LogP contribution in [0, 0.1) is 5.41 Å². The zero-order chi connectivity index (χ0) is 14.2. The van der Waals surface area contributed by atoms with E-state index in [9.17, 15) is 14.4 Å². The second-order valence-corrected chi connectivity index (χ2v) is 3.48. The Bertz CT molecular complexity index is 356. The third-order valence-corrected chi connectivity index (χ3v) is 2.22. The molecule has 0 rings (SSSR count). The number of carboxylic acids is 3. The highest BCUT2D eigenvalue weighted by molar-refractivity contribution is 5.82. The fourth-order valence-electron chi connectivity index (χ4n) is 1.20. The third-order valence-electron chi connectivity index (χ3n) is 2.22. The fraction of sp³-hybridized carbons (Fsp3) is 0.250. The Kier molecular flexibility index (Phi) is 6.12. The molecule has 6 nitrogen and oxygen atoms in total. The van der Waals surface area contributed by atoms with Crippen molar-refractivity contribution in [2.45, 2.75) is 13.3 Å². The van der Waals surface area contributed by atoms with Crippen molar-refractivity contribution in [2.75, 3.05) is 0 Å². The van der Waals surface area contributed by atoms with E-state index in [1.165, 1.54) is 18.2 Å². The van der Waals surface area contributed by atoms with Gasteiger partial charge in [-0.3, -0.25) is 0 Å². The average Bonchev–Trinajstić information content (AvgIpc) is 2.28. The molecule has 0 unspecified atom stereocenters. The summed E-state index contributed by atoms with van der Waals surface area (Å²) in [4.78, 5) is 31.4. The molecule has 0 saturated heterocycles.